The molecule has 1 saturated heterocycles. The van der Waals surface area contributed by atoms with Crippen LogP contribution in [0.2, 0.25) is 0 Å². The molecule has 1 fully saturated rings. The van der Waals surface area contributed by atoms with Crippen molar-refractivity contribution in [3.05, 3.63) is 71.3 Å². The van der Waals surface area contributed by atoms with Gasteiger partial charge in [0.15, 0.2) is 0 Å². The van der Waals surface area contributed by atoms with E-state index in [-0.39, 0.29) is 0 Å². The fourth-order valence-electron chi connectivity index (χ4n) is 3.93. The summed E-state index contributed by atoms with van der Waals surface area (Å²) in [6.07, 6.45) is 3.58. The molecule has 0 aliphatic carbocycles. The van der Waals surface area contributed by atoms with Crippen LogP contribution in [-0.4, -0.2) is 30.2 Å². The molecule has 0 radical (unpaired) electrons. The van der Waals surface area contributed by atoms with Crippen LogP contribution < -0.4 is 0 Å². The van der Waals surface area contributed by atoms with Gasteiger partial charge < -0.3 is 0 Å². The first kappa shape index (κ1) is 14.6. The van der Waals surface area contributed by atoms with Gasteiger partial charge in [-0.05, 0) is 49.0 Å². The Kier molecular flexibility index (Phi) is 4.25. The molecule has 2 heterocycles. The van der Waals surface area contributed by atoms with Gasteiger partial charge in [-0.1, -0.05) is 54.6 Å². The molecule has 0 amide bonds. The lowest BCUT2D eigenvalue weighted by atomic mass is 9.84. The third-order valence-corrected chi connectivity index (χ3v) is 5.18. The van der Waals surface area contributed by atoms with Crippen molar-refractivity contribution >= 4 is 5.71 Å². The molecular weight excluding hydrogens is 280 g/mol. The van der Waals surface area contributed by atoms with E-state index in [1.165, 1.54) is 48.3 Å². The topological polar surface area (TPSA) is 15.6 Å². The maximum atomic E-state index is 4.90. The van der Waals surface area contributed by atoms with Gasteiger partial charge in [0.25, 0.3) is 0 Å². The lowest BCUT2D eigenvalue weighted by Crippen LogP contribution is -2.37. The Balaban J connectivity index is 1.41. The Morgan fingerprint density at radius 3 is 2.48 bits per heavy atom. The summed E-state index contributed by atoms with van der Waals surface area (Å²) in [6, 6.07) is 19.7. The molecule has 0 unspecified atom stereocenters. The van der Waals surface area contributed by atoms with Crippen molar-refractivity contribution in [3.8, 4) is 0 Å². The first-order valence-electron chi connectivity index (χ1n) is 8.79. The van der Waals surface area contributed by atoms with Crippen LogP contribution in [0, 0.1) is 5.92 Å². The second kappa shape index (κ2) is 6.67. The molecule has 2 aromatic rings. The molecule has 2 aromatic carbocycles. The van der Waals surface area contributed by atoms with E-state index in [1.807, 2.05) is 0 Å². The highest BCUT2D eigenvalue weighted by atomic mass is 15.1. The highest BCUT2D eigenvalue weighted by Crippen LogP contribution is 2.27. The first-order valence-corrected chi connectivity index (χ1v) is 8.79. The predicted octanol–water partition coefficient (Wildman–Crippen LogP) is 3.94. The third kappa shape index (κ3) is 3.23. The van der Waals surface area contributed by atoms with E-state index >= 15 is 0 Å². The second-order valence-corrected chi connectivity index (χ2v) is 6.71. The number of benzene rings is 2. The standard InChI is InChI=1S/C21H24N2/c1-2-6-17(7-3-1)16-23-14-11-19(12-15-23)21-20-9-5-4-8-18(20)10-13-22-21/h1-9,19H,10-16H2. The molecule has 118 valence electrons. The maximum Gasteiger partial charge on any atom is 0.0455 e. The zero-order chi connectivity index (χ0) is 15.5. The van der Waals surface area contributed by atoms with E-state index in [1.54, 1.807) is 0 Å². The fraction of sp³-hybridized carbons (Fsp3) is 0.381. The number of rotatable bonds is 3. The summed E-state index contributed by atoms with van der Waals surface area (Å²) in [5.41, 5.74) is 5.71. The van der Waals surface area contributed by atoms with Crippen LogP contribution in [0.15, 0.2) is 59.6 Å². The minimum Gasteiger partial charge on any atom is -0.299 e. The predicted molar refractivity (Wildman–Crippen MR) is 96.0 cm³/mol. The van der Waals surface area contributed by atoms with E-state index in [9.17, 15) is 0 Å². The fourth-order valence-corrected chi connectivity index (χ4v) is 3.93. The van der Waals surface area contributed by atoms with E-state index < -0.39 is 0 Å². The summed E-state index contributed by atoms with van der Waals surface area (Å²) in [5, 5.41) is 0. The van der Waals surface area contributed by atoms with Crippen LogP contribution >= 0.6 is 0 Å². The Morgan fingerprint density at radius 1 is 0.913 bits per heavy atom. The van der Waals surface area contributed by atoms with Gasteiger partial charge in [0.1, 0.15) is 0 Å². The van der Waals surface area contributed by atoms with Gasteiger partial charge in [0, 0.05) is 24.7 Å². The van der Waals surface area contributed by atoms with E-state index in [0.717, 1.165) is 19.5 Å². The Labute approximate surface area is 138 Å². The van der Waals surface area contributed by atoms with Gasteiger partial charge in [-0.25, -0.2) is 0 Å². The van der Waals surface area contributed by atoms with E-state index in [0.29, 0.717) is 5.92 Å². The van der Waals surface area contributed by atoms with Gasteiger partial charge in [-0.3, -0.25) is 9.89 Å². The number of aliphatic imine (C=N–C) groups is 1. The number of nitrogens with zero attached hydrogens (tertiary/aromatic N) is 2. The summed E-state index contributed by atoms with van der Waals surface area (Å²) in [5.74, 6) is 0.642. The first-order chi connectivity index (χ1) is 11.4. The highest BCUT2D eigenvalue weighted by Gasteiger charge is 2.26. The van der Waals surface area contributed by atoms with Crippen molar-refractivity contribution in [2.45, 2.75) is 25.8 Å². The van der Waals surface area contributed by atoms with Gasteiger partial charge in [0.2, 0.25) is 0 Å². The van der Waals surface area contributed by atoms with Crippen LogP contribution in [-0.2, 0) is 13.0 Å². The molecule has 0 saturated carbocycles. The third-order valence-electron chi connectivity index (χ3n) is 5.18. The summed E-state index contributed by atoms with van der Waals surface area (Å²) >= 11 is 0. The maximum absolute atomic E-state index is 4.90. The molecule has 0 N–H and O–H groups in total. The average Bonchev–Trinajstić information content (AvgIpc) is 2.63. The molecule has 2 nitrogen and oxygen atoms in total. The Hall–Kier alpha value is -1.93. The van der Waals surface area contributed by atoms with E-state index in [4.69, 9.17) is 4.99 Å². The van der Waals surface area contributed by atoms with Crippen LogP contribution in [0.3, 0.4) is 0 Å². The molecule has 4 rings (SSSR count). The smallest absolute Gasteiger partial charge is 0.0455 e. The SMILES string of the molecule is c1ccc(CN2CCC(C3=NCCc4ccccc43)CC2)cc1. The number of likely N-dealkylation sites (tertiary alicyclic amines) is 1. The molecule has 2 aliphatic rings. The monoisotopic (exact) mass is 304 g/mol. The number of piperidine rings is 1. The van der Waals surface area contributed by atoms with E-state index in [2.05, 4.69) is 59.5 Å². The number of hydrogen-bond acceptors (Lipinski definition) is 2. The average molecular weight is 304 g/mol. The summed E-state index contributed by atoms with van der Waals surface area (Å²) < 4.78 is 0. The molecule has 2 aliphatic heterocycles. The Morgan fingerprint density at radius 2 is 1.65 bits per heavy atom. The molecule has 2 heteroatoms. The molecule has 23 heavy (non-hydrogen) atoms. The molecule has 0 spiro atoms. The second-order valence-electron chi connectivity index (χ2n) is 6.71. The summed E-state index contributed by atoms with van der Waals surface area (Å²) in [4.78, 5) is 7.49. The van der Waals surface area contributed by atoms with Crippen LogP contribution in [0.5, 0.6) is 0 Å². The van der Waals surface area contributed by atoms with Gasteiger partial charge >= 0.3 is 0 Å². The molecular formula is C21H24N2. The van der Waals surface area contributed by atoms with Crippen LogP contribution in [0.4, 0.5) is 0 Å². The molecule has 0 bridgehead atoms. The van der Waals surface area contributed by atoms with Gasteiger partial charge in [-0.15, -0.1) is 0 Å². The van der Waals surface area contributed by atoms with Gasteiger partial charge in [0.05, 0.1) is 0 Å². The van der Waals surface area contributed by atoms with Crippen molar-refractivity contribution in [1.29, 1.82) is 0 Å². The van der Waals surface area contributed by atoms with Crippen LogP contribution in [0.25, 0.3) is 0 Å². The zero-order valence-corrected chi connectivity index (χ0v) is 13.6. The lowest BCUT2D eigenvalue weighted by Gasteiger charge is -2.34. The van der Waals surface area contributed by atoms with Crippen molar-refractivity contribution in [2.75, 3.05) is 19.6 Å². The quantitative estimate of drug-likeness (QED) is 0.838. The van der Waals surface area contributed by atoms with Crippen molar-refractivity contribution in [3.63, 3.8) is 0 Å². The zero-order valence-electron chi connectivity index (χ0n) is 13.6. The molecule has 0 aromatic heterocycles. The Bertz CT molecular complexity index is 682. The van der Waals surface area contributed by atoms with Crippen molar-refractivity contribution in [1.82, 2.24) is 4.90 Å². The molecule has 0 atom stereocenters. The largest absolute Gasteiger partial charge is 0.299 e. The lowest BCUT2D eigenvalue weighted by molar-refractivity contribution is 0.202. The minimum absolute atomic E-state index is 0.642. The van der Waals surface area contributed by atoms with Crippen molar-refractivity contribution < 1.29 is 0 Å². The highest BCUT2D eigenvalue weighted by molar-refractivity contribution is 6.04. The number of hydrogen-bond donors (Lipinski definition) is 0. The minimum atomic E-state index is 0.642. The van der Waals surface area contributed by atoms with Crippen LogP contribution in [0.1, 0.15) is 29.5 Å². The normalized spacial score (nSPS) is 19.2. The summed E-state index contributed by atoms with van der Waals surface area (Å²) in [6.45, 7) is 4.41. The van der Waals surface area contributed by atoms with Crippen molar-refractivity contribution in [2.24, 2.45) is 10.9 Å². The number of fused-ring (bicyclic) bond motifs is 1. The van der Waals surface area contributed by atoms with Gasteiger partial charge in [-0.2, -0.15) is 0 Å². The summed E-state index contributed by atoms with van der Waals surface area (Å²) in [7, 11) is 0.